The molecule has 1 heterocycles. The van der Waals surface area contributed by atoms with Crippen LogP contribution in [0.2, 0.25) is 5.02 Å². The molecule has 1 amide bonds. The number of ether oxygens (including phenoxy) is 1. The first-order valence-electron chi connectivity index (χ1n) is 12.3. The van der Waals surface area contributed by atoms with Crippen molar-refractivity contribution in [1.29, 1.82) is 0 Å². The van der Waals surface area contributed by atoms with E-state index in [9.17, 15) is 4.79 Å². The molecule has 0 aliphatic rings. The molecule has 1 aromatic heterocycles. The fourth-order valence-electron chi connectivity index (χ4n) is 3.94. The minimum atomic E-state index is -0.139. The number of thiazole rings is 1. The Labute approximate surface area is 237 Å². The smallest absolute Gasteiger partial charge is 0.270 e. The number of amides is 1. The maximum Gasteiger partial charge on any atom is 0.270 e. The molecule has 0 bridgehead atoms. The highest BCUT2D eigenvalue weighted by Crippen LogP contribution is 2.28. The van der Waals surface area contributed by atoms with Crippen molar-refractivity contribution in [3.63, 3.8) is 0 Å². The van der Waals surface area contributed by atoms with E-state index in [1.54, 1.807) is 30.3 Å². The molecule has 0 radical (unpaired) electrons. The zero-order chi connectivity index (χ0) is 27.0. The molecule has 5 nitrogen and oxygen atoms in total. The second kappa shape index (κ2) is 12.4. The van der Waals surface area contributed by atoms with E-state index in [0.29, 0.717) is 21.6 Å². The Bertz CT molecular complexity index is 1550. The van der Waals surface area contributed by atoms with Gasteiger partial charge < -0.3 is 15.0 Å². The summed E-state index contributed by atoms with van der Waals surface area (Å²) in [6.07, 6.45) is 5.77. The van der Waals surface area contributed by atoms with Gasteiger partial charge in [0.25, 0.3) is 5.91 Å². The third kappa shape index (κ3) is 6.93. The summed E-state index contributed by atoms with van der Waals surface area (Å²) in [5, 5.41) is 4.57. The zero-order valence-corrected chi connectivity index (χ0v) is 22.8. The summed E-state index contributed by atoms with van der Waals surface area (Å²) >= 11 is 7.42. The van der Waals surface area contributed by atoms with Crippen LogP contribution in [0.3, 0.4) is 0 Å². The maximum atomic E-state index is 13.7. The number of nitrogens with one attached hydrogen (secondary N) is 1. The van der Waals surface area contributed by atoms with E-state index < -0.39 is 0 Å². The zero-order valence-electron chi connectivity index (χ0n) is 21.3. The van der Waals surface area contributed by atoms with Crippen LogP contribution in [-0.4, -0.2) is 18.0 Å². The van der Waals surface area contributed by atoms with Crippen molar-refractivity contribution >= 4 is 57.5 Å². The molecule has 0 aliphatic heterocycles. The van der Waals surface area contributed by atoms with Crippen molar-refractivity contribution in [3.05, 3.63) is 136 Å². The number of carbonyl (C=O) groups is 1. The van der Waals surface area contributed by atoms with E-state index in [2.05, 4.69) is 34.6 Å². The Balaban J connectivity index is 1.30. The highest BCUT2D eigenvalue weighted by atomic mass is 35.5. The number of benzene rings is 4. The minimum absolute atomic E-state index is 0.139. The quantitative estimate of drug-likeness (QED) is 0.186. The van der Waals surface area contributed by atoms with Gasteiger partial charge in [0, 0.05) is 16.4 Å². The van der Waals surface area contributed by atoms with Crippen LogP contribution in [0.5, 0.6) is 5.75 Å². The van der Waals surface area contributed by atoms with E-state index in [0.717, 1.165) is 33.8 Å². The molecule has 194 valence electrons. The predicted octanol–water partition coefficient (Wildman–Crippen LogP) is 8.57. The second-order valence-electron chi connectivity index (χ2n) is 8.74. The first-order chi connectivity index (χ1) is 19.1. The van der Waals surface area contributed by atoms with Crippen LogP contribution < -0.4 is 15.0 Å². The molecule has 5 aromatic rings. The van der Waals surface area contributed by atoms with Crippen molar-refractivity contribution in [2.24, 2.45) is 0 Å². The lowest BCUT2D eigenvalue weighted by Gasteiger charge is -2.22. The van der Waals surface area contributed by atoms with Gasteiger partial charge in [0.05, 0.1) is 19.9 Å². The molecular formula is C32H26ClN3O2S. The van der Waals surface area contributed by atoms with Gasteiger partial charge in [-0.3, -0.25) is 4.79 Å². The summed E-state index contributed by atoms with van der Waals surface area (Å²) in [6, 6.07) is 33.2. The topological polar surface area (TPSA) is 54.5 Å². The van der Waals surface area contributed by atoms with Crippen LogP contribution >= 0.6 is 22.9 Å². The molecule has 0 unspecified atom stereocenters. The van der Waals surface area contributed by atoms with Crippen LogP contribution in [0.4, 0.5) is 16.5 Å². The predicted molar refractivity (Wildman–Crippen MR) is 162 cm³/mol. The Kier molecular flexibility index (Phi) is 8.36. The third-order valence-corrected chi connectivity index (χ3v) is 7.18. The molecule has 39 heavy (non-hydrogen) atoms. The van der Waals surface area contributed by atoms with Gasteiger partial charge in [-0.15, -0.1) is 0 Å². The fraction of sp³-hybridized carbons (Fsp3) is 0.0625. The van der Waals surface area contributed by atoms with Crippen molar-refractivity contribution in [1.82, 2.24) is 4.98 Å². The van der Waals surface area contributed by atoms with E-state index in [1.807, 2.05) is 78.9 Å². The van der Waals surface area contributed by atoms with Crippen molar-refractivity contribution < 1.29 is 9.53 Å². The molecule has 0 spiro atoms. The lowest BCUT2D eigenvalue weighted by molar-refractivity contribution is 0.0989. The molecule has 1 N–H and O–H groups in total. The highest BCUT2D eigenvalue weighted by Gasteiger charge is 2.21. The molecule has 0 saturated heterocycles. The van der Waals surface area contributed by atoms with Gasteiger partial charge >= 0.3 is 0 Å². The number of rotatable bonds is 9. The Morgan fingerprint density at radius 3 is 2.23 bits per heavy atom. The SMILES string of the molecule is COc1ccc(CN(C(=O)c2cnc(Nc3ccc(/C=C\c4ccccc4)cc3)s2)c2ccc(Cl)cc2)cc1. The summed E-state index contributed by atoms with van der Waals surface area (Å²) in [6.45, 7) is 0.392. The number of hydrogen-bond acceptors (Lipinski definition) is 5. The molecule has 4 aromatic carbocycles. The summed E-state index contributed by atoms with van der Waals surface area (Å²) < 4.78 is 5.27. The van der Waals surface area contributed by atoms with E-state index in [-0.39, 0.29) is 5.91 Å². The first kappa shape index (κ1) is 26.2. The minimum Gasteiger partial charge on any atom is -0.497 e. The summed E-state index contributed by atoms with van der Waals surface area (Å²) in [5.41, 5.74) is 4.87. The number of methoxy groups -OCH3 is 1. The lowest BCUT2D eigenvalue weighted by Crippen LogP contribution is -2.29. The first-order valence-corrected chi connectivity index (χ1v) is 13.5. The van der Waals surface area contributed by atoms with Gasteiger partial charge in [0.2, 0.25) is 0 Å². The van der Waals surface area contributed by atoms with Gasteiger partial charge in [-0.05, 0) is 65.2 Å². The van der Waals surface area contributed by atoms with E-state index in [1.165, 1.54) is 11.3 Å². The van der Waals surface area contributed by atoms with E-state index >= 15 is 0 Å². The largest absolute Gasteiger partial charge is 0.497 e. The fourth-order valence-corrected chi connectivity index (χ4v) is 4.85. The van der Waals surface area contributed by atoms with E-state index in [4.69, 9.17) is 16.3 Å². The summed E-state index contributed by atoms with van der Waals surface area (Å²) in [4.78, 5) is 20.4. The standard InChI is InChI=1S/C32H26ClN3O2S/c1-38-29-19-11-25(12-20-29)22-36(28-17-13-26(33)14-18-28)31(37)30-21-34-32(39-30)35-27-15-9-24(10-16-27)8-7-23-5-3-2-4-6-23/h2-21H,22H2,1H3,(H,34,35)/b8-7-. The molecular weight excluding hydrogens is 526 g/mol. The highest BCUT2D eigenvalue weighted by molar-refractivity contribution is 7.17. The number of aromatic nitrogens is 1. The van der Waals surface area contributed by atoms with Gasteiger partial charge in [-0.1, -0.05) is 89.7 Å². The summed E-state index contributed by atoms with van der Waals surface area (Å²) in [7, 11) is 1.63. The molecule has 0 aliphatic carbocycles. The third-order valence-electron chi connectivity index (χ3n) is 6.03. The van der Waals surface area contributed by atoms with Crippen LogP contribution in [0.1, 0.15) is 26.4 Å². The number of nitrogens with zero attached hydrogens (tertiary/aromatic N) is 2. The number of anilines is 3. The second-order valence-corrected chi connectivity index (χ2v) is 10.2. The lowest BCUT2D eigenvalue weighted by atomic mass is 10.1. The van der Waals surface area contributed by atoms with Gasteiger partial charge in [-0.25, -0.2) is 4.98 Å². The molecule has 5 rings (SSSR count). The molecule has 7 heteroatoms. The van der Waals surface area contributed by atoms with Crippen LogP contribution in [0.15, 0.2) is 109 Å². The Hall–Kier alpha value is -4.39. The average Bonchev–Trinajstić information content (AvgIpc) is 3.45. The number of hydrogen-bond donors (Lipinski definition) is 1. The summed E-state index contributed by atoms with van der Waals surface area (Å²) in [5.74, 6) is 0.627. The van der Waals surface area contributed by atoms with Gasteiger partial charge in [-0.2, -0.15) is 0 Å². The van der Waals surface area contributed by atoms with Crippen molar-refractivity contribution in [2.45, 2.75) is 6.54 Å². The average molecular weight is 552 g/mol. The van der Waals surface area contributed by atoms with Crippen LogP contribution in [-0.2, 0) is 6.54 Å². The Morgan fingerprint density at radius 1 is 0.897 bits per heavy atom. The molecule has 0 atom stereocenters. The maximum absolute atomic E-state index is 13.7. The Morgan fingerprint density at radius 2 is 1.56 bits per heavy atom. The van der Waals surface area contributed by atoms with Crippen molar-refractivity contribution in [3.8, 4) is 5.75 Å². The molecule has 0 saturated carbocycles. The normalized spacial score (nSPS) is 10.9. The van der Waals surface area contributed by atoms with Gasteiger partial charge in [0.15, 0.2) is 5.13 Å². The van der Waals surface area contributed by atoms with Crippen LogP contribution in [0.25, 0.3) is 12.2 Å². The number of carbonyl (C=O) groups excluding carboxylic acids is 1. The number of halogens is 1. The molecule has 0 fully saturated rings. The van der Waals surface area contributed by atoms with Gasteiger partial charge in [0.1, 0.15) is 10.6 Å². The van der Waals surface area contributed by atoms with Crippen molar-refractivity contribution in [2.75, 3.05) is 17.3 Å². The monoisotopic (exact) mass is 551 g/mol. The van der Waals surface area contributed by atoms with Crippen LogP contribution in [0, 0.1) is 0 Å².